The standard InChI is InChI=1S/C16H15Cl2NO/c1-10-5-3-4-6-13(10)11(2)19-16(20)14-8-7-12(17)9-15(14)18/h3-9,11H,1-2H3,(H,19,20). The zero-order valence-electron chi connectivity index (χ0n) is 11.3. The molecule has 0 aliphatic heterocycles. The summed E-state index contributed by atoms with van der Waals surface area (Å²) in [6, 6.07) is 12.7. The normalized spacial score (nSPS) is 12.0. The second-order valence-electron chi connectivity index (χ2n) is 4.68. The van der Waals surface area contributed by atoms with Crippen molar-refractivity contribution in [2.45, 2.75) is 19.9 Å². The molecular weight excluding hydrogens is 293 g/mol. The highest BCUT2D eigenvalue weighted by Crippen LogP contribution is 2.22. The molecule has 1 N–H and O–H groups in total. The zero-order valence-corrected chi connectivity index (χ0v) is 12.8. The summed E-state index contributed by atoms with van der Waals surface area (Å²) < 4.78 is 0. The molecule has 0 spiro atoms. The molecule has 20 heavy (non-hydrogen) atoms. The quantitative estimate of drug-likeness (QED) is 0.867. The topological polar surface area (TPSA) is 29.1 Å². The Bertz CT molecular complexity index is 640. The highest BCUT2D eigenvalue weighted by Gasteiger charge is 2.15. The van der Waals surface area contributed by atoms with Gasteiger partial charge in [-0.3, -0.25) is 4.79 Å². The van der Waals surface area contributed by atoms with Gasteiger partial charge in [0.2, 0.25) is 0 Å². The molecule has 2 rings (SSSR count). The summed E-state index contributed by atoms with van der Waals surface area (Å²) in [7, 11) is 0. The average Bonchev–Trinajstić information content (AvgIpc) is 2.38. The summed E-state index contributed by atoms with van der Waals surface area (Å²) in [6.07, 6.45) is 0. The molecule has 0 bridgehead atoms. The minimum Gasteiger partial charge on any atom is -0.345 e. The fraction of sp³-hybridized carbons (Fsp3) is 0.188. The summed E-state index contributed by atoms with van der Waals surface area (Å²) in [6.45, 7) is 3.97. The summed E-state index contributed by atoms with van der Waals surface area (Å²) in [5, 5.41) is 3.81. The molecule has 1 amide bonds. The summed E-state index contributed by atoms with van der Waals surface area (Å²) >= 11 is 11.9. The number of hydrogen-bond acceptors (Lipinski definition) is 1. The van der Waals surface area contributed by atoms with Crippen LogP contribution < -0.4 is 5.32 Å². The lowest BCUT2D eigenvalue weighted by molar-refractivity contribution is 0.0940. The predicted molar refractivity (Wildman–Crippen MR) is 83.5 cm³/mol. The van der Waals surface area contributed by atoms with Crippen LogP contribution in [0.5, 0.6) is 0 Å². The first-order chi connectivity index (χ1) is 9.49. The second kappa shape index (κ2) is 6.29. The number of carbonyl (C=O) groups excluding carboxylic acids is 1. The van der Waals surface area contributed by atoms with Gasteiger partial charge in [0.15, 0.2) is 0 Å². The predicted octanol–water partition coefficient (Wildman–Crippen LogP) is 4.79. The van der Waals surface area contributed by atoms with Crippen molar-refractivity contribution in [2.24, 2.45) is 0 Å². The Balaban J connectivity index is 2.17. The maximum Gasteiger partial charge on any atom is 0.253 e. The number of rotatable bonds is 3. The van der Waals surface area contributed by atoms with E-state index in [1.54, 1.807) is 18.2 Å². The number of aryl methyl sites for hydroxylation is 1. The van der Waals surface area contributed by atoms with E-state index in [1.807, 2.05) is 38.1 Å². The molecule has 0 aromatic heterocycles. The second-order valence-corrected chi connectivity index (χ2v) is 5.52. The van der Waals surface area contributed by atoms with Crippen LogP contribution >= 0.6 is 23.2 Å². The van der Waals surface area contributed by atoms with Gasteiger partial charge in [0, 0.05) is 5.02 Å². The first-order valence-electron chi connectivity index (χ1n) is 6.30. The van der Waals surface area contributed by atoms with Gasteiger partial charge in [-0.05, 0) is 43.2 Å². The Labute approximate surface area is 128 Å². The monoisotopic (exact) mass is 307 g/mol. The zero-order chi connectivity index (χ0) is 14.7. The van der Waals surface area contributed by atoms with Crippen LogP contribution in [0.3, 0.4) is 0 Å². The van der Waals surface area contributed by atoms with Gasteiger partial charge in [-0.2, -0.15) is 0 Å². The van der Waals surface area contributed by atoms with Gasteiger partial charge in [0.05, 0.1) is 16.6 Å². The number of amides is 1. The van der Waals surface area contributed by atoms with Crippen LogP contribution in [0.2, 0.25) is 10.0 Å². The fourth-order valence-electron chi connectivity index (χ4n) is 2.10. The number of nitrogens with one attached hydrogen (secondary N) is 1. The number of hydrogen-bond donors (Lipinski definition) is 1. The molecule has 2 aromatic carbocycles. The highest BCUT2D eigenvalue weighted by molar-refractivity contribution is 6.36. The van der Waals surface area contributed by atoms with E-state index in [9.17, 15) is 4.79 Å². The fourth-order valence-corrected chi connectivity index (χ4v) is 2.59. The van der Waals surface area contributed by atoms with Crippen molar-refractivity contribution >= 4 is 29.1 Å². The molecule has 4 heteroatoms. The van der Waals surface area contributed by atoms with Crippen molar-refractivity contribution in [3.63, 3.8) is 0 Å². The van der Waals surface area contributed by atoms with E-state index in [0.717, 1.165) is 11.1 Å². The van der Waals surface area contributed by atoms with Gasteiger partial charge >= 0.3 is 0 Å². The molecule has 0 heterocycles. The molecular formula is C16H15Cl2NO. The summed E-state index contributed by atoms with van der Waals surface area (Å²) in [5.41, 5.74) is 2.66. The minimum absolute atomic E-state index is 0.0876. The van der Waals surface area contributed by atoms with E-state index >= 15 is 0 Å². The smallest absolute Gasteiger partial charge is 0.253 e. The van der Waals surface area contributed by atoms with Gasteiger partial charge in [0.25, 0.3) is 5.91 Å². The van der Waals surface area contributed by atoms with E-state index in [1.165, 1.54) is 0 Å². The number of benzene rings is 2. The van der Waals surface area contributed by atoms with Crippen LogP contribution in [0.1, 0.15) is 34.5 Å². The molecule has 0 radical (unpaired) electrons. The van der Waals surface area contributed by atoms with Crippen molar-refractivity contribution in [3.8, 4) is 0 Å². The lowest BCUT2D eigenvalue weighted by Crippen LogP contribution is -2.27. The number of halogens is 2. The Kier molecular flexibility index (Phi) is 4.69. The van der Waals surface area contributed by atoms with Crippen LogP contribution in [0.15, 0.2) is 42.5 Å². The third-order valence-corrected chi connectivity index (χ3v) is 3.73. The van der Waals surface area contributed by atoms with Crippen LogP contribution in [0.4, 0.5) is 0 Å². The Morgan fingerprint density at radius 3 is 2.50 bits per heavy atom. The van der Waals surface area contributed by atoms with Crippen molar-refractivity contribution in [3.05, 3.63) is 69.2 Å². The number of carbonyl (C=O) groups is 1. The Hall–Kier alpha value is -1.51. The summed E-state index contributed by atoms with van der Waals surface area (Å²) in [4.78, 5) is 12.2. The van der Waals surface area contributed by atoms with Crippen LogP contribution in [0.25, 0.3) is 0 Å². The minimum atomic E-state index is -0.206. The molecule has 2 aromatic rings. The van der Waals surface area contributed by atoms with Crippen molar-refractivity contribution in [1.82, 2.24) is 5.32 Å². The van der Waals surface area contributed by atoms with Crippen molar-refractivity contribution in [2.75, 3.05) is 0 Å². The van der Waals surface area contributed by atoms with Gasteiger partial charge in [-0.1, -0.05) is 47.5 Å². The average molecular weight is 308 g/mol. The molecule has 1 unspecified atom stereocenters. The largest absolute Gasteiger partial charge is 0.345 e. The summed E-state index contributed by atoms with van der Waals surface area (Å²) in [5.74, 6) is -0.206. The molecule has 0 aliphatic carbocycles. The molecule has 1 atom stereocenters. The maximum atomic E-state index is 12.2. The van der Waals surface area contributed by atoms with Crippen LogP contribution in [-0.2, 0) is 0 Å². The van der Waals surface area contributed by atoms with Crippen molar-refractivity contribution in [1.29, 1.82) is 0 Å². The van der Waals surface area contributed by atoms with Gasteiger partial charge < -0.3 is 5.32 Å². The lowest BCUT2D eigenvalue weighted by atomic mass is 10.0. The SMILES string of the molecule is Cc1ccccc1C(C)NC(=O)c1ccc(Cl)cc1Cl. The molecule has 2 nitrogen and oxygen atoms in total. The lowest BCUT2D eigenvalue weighted by Gasteiger charge is -2.17. The molecule has 104 valence electrons. The van der Waals surface area contributed by atoms with E-state index in [0.29, 0.717) is 15.6 Å². The van der Waals surface area contributed by atoms with E-state index in [-0.39, 0.29) is 11.9 Å². The Morgan fingerprint density at radius 1 is 1.15 bits per heavy atom. The van der Waals surface area contributed by atoms with E-state index < -0.39 is 0 Å². The highest BCUT2D eigenvalue weighted by atomic mass is 35.5. The van der Waals surface area contributed by atoms with Gasteiger partial charge in [0.1, 0.15) is 0 Å². The van der Waals surface area contributed by atoms with Crippen LogP contribution in [-0.4, -0.2) is 5.91 Å². The first kappa shape index (κ1) is 14.9. The van der Waals surface area contributed by atoms with E-state index in [4.69, 9.17) is 23.2 Å². The first-order valence-corrected chi connectivity index (χ1v) is 7.06. The third kappa shape index (κ3) is 3.33. The van der Waals surface area contributed by atoms with E-state index in [2.05, 4.69) is 5.32 Å². The third-order valence-electron chi connectivity index (χ3n) is 3.18. The van der Waals surface area contributed by atoms with Crippen LogP contribution in [0, 0.1) is 6.92 Å². The molecule has 0 fully saturated rings. The molecule has 0 saturated heterocycles. The van der Waals surface area contributed by atoms with Crippen molar-refractivity contribution < 1.29 is 4.79 Å². The van der Waals surface area contributed by atoms with Gasteiger partial charge in [-0.15, -0.1) is 0 Å². The van der Waals surface area contributed by atoms with Gasteiger partial charge in [-0.25, -0.2) is 0 Å². The maximum absolute atomic E-state index is 12.2. The molecule has 0 saturated carbocycles. The molecule has 0 aliphatic rings. The Morgan fingerprint density at radius 2 is 1.85 bits per heavy atom.